The smallest absolute Gasteiger partial charge is 0.253 e. The molecule has 0 radical (unpaired) electrons. The zero-order chi connectivity index (χ0) is 14.1. The van der Waals surface area contributed by atoms with Crippen molar-refractivity contribution in [1.82, 2.24) is 4.31 Å². The standard InChI is InChI=1S/C11H12Cl3NO3S/c12-11(13,14)8-18-19(16,17)15-7-10(15)6-9-4-2-1-3-5-9/h1-5,10H,6-8H2. The molecule has 106 valence electrons. The van der Waals surface area contributed by atoms with Gasteiger partial charge in [-0.25, -0.2) is 0 Å². The molecule has 0 amide bonds. The fourth-order valence-corrected chi connectivity index (χ4v) is 3.31. The average molecular weight is 345 g/mol. The van der Waals surface area contributed by atoms with E-state index in [4.69, 9.17) is 34.8 Å². The molecule has 2 unspecified atom stereocenters. The van der Waals surface area contributed by atoms with Gasteiger partial charge in [0.25, 0.3) is 0 Å². The van der Waals surface area contributed by atoms with E-state index in [1.165, 1.54) is 4.31 Å². The summed E-state index contributed by atoms with van der Waals surface area (Å²) < 4.78 is 27.7. The minimum Gasteiger partial charge on any atom is -0.253 e. The van der Waals surface area contributed by atoms with Crippen molar-refractivity contribution in [2.24, 2.45) is 0 Å². The van der Waals surface area contributed by atoms with Crippen LogP contribution in [0.1, 0.15) is 5.56 Å². The van der Waals surface area contributed by atoms with Crippen molar-refractivity contribution >= 4 is 45.1 Å². The molecule has 0 saturated carbocycles. The zero-order valence-corrected chi connectivity index (χ0v) is 12.9. The first-order chi connectivity index (χ1) is 8.78. The highest BCUT2D eigenvalue weighted by Gasteiger charge is 2.45. The van der Waals surface area contributed by atoms with E-state index in [-0.39, 0.29) is 6.04 Å². The lowest BCUT2D eigenvalue weighted by Gasteiger charge is -2.12. The van der Waals surface area contributed by atoms with Crippen LogP contribution >= 0.6 is 34.8 Å². The van der Waals surface area contributed by atoms with Crippen LogP contribution in [0.4, 0.5) is 0 Å². The molecule has 1 aromatic rings. The van der Waals surface area contributed by atoms with Crippen LogP contribution in [0.3, 0.4) is 0 Å². The minimum absolute atomic E-state index is 0.0808. The van der Waals surface area contributed by atoms with Crippen LogP contribution in [0.2, 0.25) is 0 Å². The van der Waals surface area contributed by atoms with Crippen LogP contribution in [-0.2, 0) is 20.9 Å². The molecule has 1 heterocycles. The van der Waals surface area contributed by atoms with Gasteiger partial charge in [0.05, 0.1) is 0 Å². The second-order valence-electron chi connectivity index (χ2n) is 4.25. The molecule has 4 nitrogen and oxygen atoms in total. The molecule has 1 saturated heterocycles. The Morgan fingerprint density at radius 1 is 1.26 bits per heavy atom. The van der Waals surface area contributed by atoms with Gasteiger partial charge in [-0.15, -0.1) is 0 Å². The van der Waals surface area contributed by atoms with Crippen molar-refractivity contribution in [1.29, 1.82) is 0 Å². The first-order valence-electron chi connectivity index (χ1n) is 5.55. The molecule has 0 bridgehead atoms. The fourth-order valence-electron chi connectivity index (χ4n) is 1.70. The van der Waals surface area contributed by atoms with Crippen LogP contribution in [0.25, 0.3) is 0 Å². The van der Waals surface area contributed by atoms with E-state index in [9.17, 15) is 8.42 Å². The third-order valence-corrected chi connectivity index (χ3v) is 4.40. The number of halogens is 3. The SMILES string of the molecule is O=S(=O)(OCC(Cl)(Cl)Cl)N1CC1Cc1ccccc1. The van der Waals surface area contributed by atoms with E-state index in [2.05, 4.69) is 4.18 Å². The van der Waals surface area contributed by atoms with Gasteiger partial charge >= 0.3 is 10.3 Å². The molecular weight excluding hydrogens is 333 g/mol. The van der Waals surface area contributed by atoms with Crippen LogP contribution in [0.15, 0.2) is 30.3 Å². The van der Waals surface area contributed by atoms with Crippen LogP contribution < -0.4 is 0 Å². The topological polar surface area (TPSA) is 46.4 Å². The van der Waals surface area contributed by atoms with Crippen molar-refractivity contribution in [2.75, 3.05) is 13.2 Å². The van der Waals surface area contributed by atoms with Gasteiger partial charge in [-0.1, -0.05) is 65.1 Å². The molecule has 0 N–H and O–H groups in total. The summed E-state index contributed by atoms with van der Waals surface area (Å²) in [5.41, 5.74) is 1.08. The molecule has 8 heteroatoms. The number of hydrogen-bond acceptors (Lipinski definition) is 3. The maximum atomic E-state index is 11.8. The Balaban J connectivity index is 1.88. The summed E-state index contributed by atoms with van der Waals surface area (Å²) in [5.74, 6) is 0. The van der Waals surface area contributed by atoms with E-state index in [1.54, 1.807) is 0 Å². The third-order valence-electron chi connectivity index (χ3n) is 2.64. The lowest BCUT2D eigenvalue weighted by molar-refractivity contribution is 0.304. The molecule has 0 spiro atoms. The summed E-state index contributed by atoms with van der Waals surface area (Å²) in [4.78, 5) is 0. The molecule has 1 aliphatic heterocycles. The quantitative estimate of drug-likeness (QED) is 0.609. The molecule has 19 heavy (non-hydrogen) atoms. The molecule has 0 aromatic heterocycles. The van der Waals surface area contributed by atoms with E-state index in [1.807, 2.05) is 30.3 Å². The van der Waals surface area contributed by atoms with Gasteiger partial charge in [0.2, 0.25) is 3.79 Å². The second-order valence-corrected chi connectivity index (χ2v) is 8.32. The third kappa shape index (κ3) is 4.77. The number of nitrogens with zero attached hydrogens (tertiary/aromatic N) is 1. The molecule has 1 aromatic carbocycles. The predicted octanol–water partition coefficient (Wildman–Crippen LogP) is 2.54. The first kappa shape index (κ1) is 15.4. The maximum absolute atomic E-state index is 11.8. The summed E-state index contributed by atoms with van der Waals surface area (Å²) in [6, 6.07) is 9.56. The monoisotopic (exact) mass is 343 g/mol. The summed E-state index contributed by atoms with van der Waals surface area (Å²) in [6.45, 7) is -0.0638. The van der Waals surface area contributed by atoms with Crippen molar-refractivity contribution in [3.63, 3.8) is 0 Å². The zero-order valence-electron chi connectivity index (χ0n) is 9.80. The van der Waals surface area contributed by atoms with Gasteiger partial charge in [-0.05, 0) is 12.0 Å². The van der Waals surface area contributed by atoms with Gasteiger partial charge in [-0.3, -0.25) is 4.18 Å². The van der Waals surface area contributed by atoms with Crippen molar-refractivity contribution in [3.05, 3.63) is 35.9 Å². The highest BCUT2D eigenvalue weighted by Crippen LogP contribution is 2.31. The van der Waals surface area contributed by atoms with Crippen molar-refractivity contribution in [3.8, 4) is 0 Å². The van der Waals surface area contributed by atoms with E-state index >= 15 is 0 Å². The summed E-state index contributed by atoms with van der Waals surface area (Å²) in [5, 5.41) is 0. The fraction of sp³-hybridized carbons (Fsp3) is 0.455. The Labute approximate surface area is 127 Å². The highest BCUT2D eigenvalue weighted by molar-refractivity contribution is 7.84. The van der Waals surface area contributed by atoms with E-state index in [0.29, 0.717) is 13.0 Å². The number of alkyl halides is 3. The normalized spacial score (nSPS) is 23.3. The lowest BCUT2D eigenvalue weighted by atomic mass is 10.1. The van der Waals surface area contributed by atoms with Crippen LogP contribution in [0.5, 0.6) is 0 Å². The summed E-state index contributed by atoms with van der Waals surface area (Å²) in [6.07, 6.45) is 0.650. The Hall–Kier alpha value is -0.0400. The van der Waals surface area contributed by atoms with Crippen molar-refractivity contribution < 1.29 is 12.6 Å². The van der Waals surface area contributed by atoms with Gasteiger partial charge in [0.1, 0.15) is 6.61 Å². The largest absolute Gasteiger partial charge is 0.338 e. The molecule has 2 atom stereocenters. The van der Waals surface area contributed by atoms with Crippen LogP contribution in [-0.4, -0.2) is 35.7 Å². The maximum Gasteiger partial charge on any atom is 0.338 e. The molecular formula is C11H12Cl3NO3S. The summed E-state index contributed by atoms with van der Waals surface area (Å²) >= 11 is 16.4. The number of rotatable bonds is 5. The van der Waals surface area contributed by atoms with Crippen molar-refractivity contribution in [2.45, 2.75) is 16.3 Å². The molecule has 1 aliphatic rings. The Bertz CT molecular complexity index is 530. The Morgan fingerprint density at radius 3 is 2.47 bits per heavy atom. The van der Waals surface area contributed by atoms with Gasteiger partial charge < -0.3 is 0 Å². The van der Waals surface area contributed by atoms with Gasteiger partial charge in [-0.2, -0.15) is 12.7 Å². The molecule has 1 fully saturated rings. The Kier molecular flexibility index (Phi) is 4.65. The highest BCUT2D eigenvalue weighted by atomic mass is 35.6. The van der Waals surface area contributed by atoms with Crippen LogP contribution in [0, 0.1) is 0 Å². The number of benzene rings is 1. The molecule has 0 aliphatic carbocycles. The first-order valence-corrected chi connectivity index (χ1v) is 8.05. The number of hydrogen-bond donors (Lipinski definition) is 0. The van der Waals surface area contributed by atoms with Gasteiger partial charge in [0.15, 0.2) is 0 Å². The van der Waals surface area contributed by atoms with Gasteiger partial charge in [0, 0.05) is 12.6 Å². The molecule has 2 rings (SSSR count). The summed E-state index contributed by atoms with van der Waals surface area (Å²) in [7, 11) is -3.81. The second kappa shape index (κ2) is 5.76. The van der Waals surface area contributed by atoms with E-state index < -0.39 is 20.7 Å². The van der Waals surface area contributed by atoms with E-state index in [0.717, 1.165) is 5.56 Å². The Morgan fingerprint density at radius 2 is 1.89 bits per heavy atom. The minimum atomic E-state index is -3.81. The lowest BCUT2D eigenvalue weighted by Crippen LogP contribution is -2.23. The predicted molar refractivity (Wildman–Crippen MR) is 75.8 cm³/mol. The average Bonchev–Trinajstić information content (AvgIpc) is 3.07.